The van der Waals surface area contributed by atoms with Gasteiger partial charge in [0.05, 0.1) is 14.2 Å². The third-order valence-electron chi connectivity index (χ3n) is 3.01. The van der Waals surface area contributed by atoms with Crippen LogP contribution in [0.5, 0.6) is 11.5 Å². The van der Waals surface area contributed by atoms with Gasteiger partial charge in [0.2, 0.25) is 0 Å². The molecule has 19 heavy (non-hydrogen) atoms. The monoisotopic (exact) mass is 285 g/mol. The van der Waals surface area contributed by atoms with Crippen LogP contribution in [0.4, 0.5) is 0 Å². The van der Waals surface area contributed by atoms with Crippen LogP contribution >= 0.6 is 0 Å². The molecule has 1 aromatic rings. The molecule has 4 nitrogen and oxygen atoms in total. The largest absolute Gasteiger partial charge is 0.493 e. The van der Waals surface area contributed by atoms with Crippen molar-refractivity contribution in [1.82, 2.24) is 5.32 Å². The predicted molar refractivity (Wildman–Crippen MR) is 79.5 cm³/mol. The first-order chi connectivity index (χ1) is 9.12. The number of ether oxygens (including phenoxy) is 2. The van der Waals surface area contributed by atoms with Gasteiger partial charge in [-0.3, -0.25) is 4.21 Å². The summed E-state index contributed by atoms with van der Waals surface area (Å²) in [6, 6.07) is 6.06. The van der Waals surface area contributed by atoms with Gasteiger partial charge in [0.25, 0.3) is 0 Å². The van der Waals surface area contributed by atoms with Crippen LogP contribution in [0.2, 0.25) is 0 Å². The van der Waals surface area contributed by atoms with Crippen molar-refractivity contribution < 1.29 is 13.7 Å². The molecule has 0 aliphatic carbocycles. The summed E-state index contributed by atoms with van der Waals surface area (Å²) >= 11 is 0. The summed E-state index contributed by atoms with van der Waals surface area (Å²) in [5.41, 5.74) is 1.12. The van der Waals surface area contributed by atoms with E-state index in [1.165, 1.54) is 0 Å². The van der Waals surface area contributed by atoms with Crippen LogP contribution < -0.4 is 14.8 Å². The number of benzene rings is 1. The third kappa shape index (κ3) is 4.84. The van der Waals surface area contributed by atoms with Gasteiger partial charge >= 0.3 is 0 Å². The lowest BCUT2D eigenvalue weighted by molar-refractivity contribution is 0.354. The fourth-order valence-corrected chi connectivity index (χ4v) is 2.41. The summed E-state index contributed by atoms with van der Waals surface area (Å²) in [6.45, 7) is 4.76. The van der Waals surface area contributed by atoms with E-state index < -0.39 is 10.8 Å². The van der Waals surface area contributed by atoms with Crippen LogP contribution in [-0.2, 0) is 10.8 Å². The molecule has 0 heterocycles. The van der Waals surface area contributed by atoms with Crippen molar-refractivity contribution in [2.24, 2.45) is 0 Å². The van der Waals surface area contributed by atoms with Crippen molar-refractivity contribution in [1.29, 1.82) is 0 Å². The maximum absolute atomic E-state index is 11.3. The molecule has 1 rings (SSSR count). The maximum Gasteiger partial charge on any atom is 0.161 e. The van der Waals surface area contributed by atoms with Crippen LogP contribution in [0.15, 0.2) is 18.2 Å². The molecule has 2 unspecified atom stereocenters. The highest BCUT2D eigenvalue weighted by molar-refractivity contribution is 7.84. The third-order valence-corrected chi connectivity index (χ3v) is 4.31. The lowest BCUT2D eigenvalue weighted by atomic mass is 10.1. The summed E-state index contributed by atoms with van der Waals surface area (Å²) < 4.78 is 21.8. The van der Waals surface area contributed by atoms with Crippen molar-refractivity contribution in [3.05, 3.63) is 23.8 Å². The standard InChI is InChI=1S/C14H23NO3S/c1-5-19(16)9-8-15-11(2)12-6-7-13(17-3)14(10-12)18-4/h6-7,10-11,15H,5,8-9H2,1-4H3. The van der Waals surface area contributed by atoms with E-state index in [1.54, 1.807) is 14.2 Å². The quantitative estimate of drug-likeness (QED) is 0.795. The van der Waals surface area contributed by atoms with Gasteiger partial charge in [-0.2, -0.15) is 0 Å². The minimum atomic E-state index is -0.718. The molecular weight excluding hydrogens is 262 g/mol. The molecule has 0 radical (unpaired) electrons. The topological polar surface area (TPSA) is 47.6 Å². The molecule has 1 N–H and O–H groups in total. The van der Waals surface area contributed by atoms with Crippen LogP contribution in [0.3, 0.4) is 0 Å². The Morgan fingerprint density at radius 1 is 1.26 bits per heavy atom. The first-order valence-corrected chi connectivity index (χ1v) is 7.91. The number of rotatable bonds is 8. The normalized spacial score (nSPS) is 13.9. The fourth-order valence-electron chi connectivity index (χ4n) is 1.77. The van der Waals surface area contributed by atoms with Crippen molar-refractivity contribution in [2.45, 2.75) is 19.9 Å². The van der Waals surface area contributed by atoms with Crippen LogP contribution in [0.1, 0.15) is 25.5 Å². The number of hydrogen-bond acceptors (Lipinski definition) is 4. The second kappa shape index (κ2) is 8.17. The first kappa shape index (κ1) is 16.0. The fraction of sp³-hybridized carbons (Fsp3) is 0.571. The zero-order valence-corrected chi connectivity index (χ0v) is 12.9. The Balaban J connectivity index is 2.61. The molecule has 108 valence electrons. The van der Waals surface area contributed by atoms with E-state index >= 15 is 0 Å². The lowest BCUT2D eigenvalue weighted by Crippen LogP contribution is -2.24. The Morgan fingerprint density at radius 3 is 2.53 bits per heavy atom. The zero-order valence-electron chi connectivity index (χ0n) is 12.1. The highest BCUT2D eigenvalue weighted by Gasteiger charge is 2.09. The zero-order chi connectivity index (χ0) is 14.3. The molecule has 2 atom stereocenters. The first-order valence-electron chi connectivity index (χ1n) is 6.42. The number of nitrogens with one attached hydrogen (secondary N) is 1. The molecule has 0 aromatic heterocycles. The average molecular weight is 285 g/mol. The van der Waals surface area contributed by atoms with Gasteiger partial charge in [-0.05, 0) is 24.6 Å². The van der Waals surface area contributed by atoms with Crippen molar-refractivity contribution in [3.8, 4) is 11.5 Å². The van der Waals surface area contributed by atoms with Gasteiger partial charge in [-0.15, -0.1) is 0 Å². The predicted octanol–water partition coefficient (Wildman–Crippen LogP) is 2.12. The molecule has 0 saturated heterocycles. The van der Waals surface area contributed by atoms with Gasteiger partial charge < -0.3 is 14.8 Å². The molecule has 1 aromatic carbocycles. The summed E-state index contributed by atoms with van der Waals surface area (Å²) in [5.74, 6) is 2.86. The van der Waals surface area contributed by atoms with Crippen molar-refractivity contribution in [3.63, 3.8) is 0 Å². The summed E-state index contributed by atoms with van der Waals surface area (Å²) in [7, 11) is 2.54. The number of methoxy groups -OCH3 is 2. The Morgan fingerprint density at radius 2 is 1.95 bits per heavy atom. The molecular formula is C14H23NO3S. The van der Waals surface area contributed by atoms with E-state index in [1.807, 2.05) is 25.1 Å². The maximum atomic E-state index is 11.3. The molecule has 0 fully saturated rings. The minimum absolute atomic E-state index is 0.189. The second-order valence-electron chi connectivity index (χ2n) is 4.22. The Labute approximate surface area is 118 Å². The second-order valence-corrected chi connectivity index (χ2v) is 6.09. The highest BCUT2D eigenvalue weighted by atomic mass is 32.2. The van der Waals surface area contributed by atoms with E-state index in [0.717, 1.165) is 23.6 Å². The molecule has 0 aliphatic rings. The molecule has 0 spiro atoms. The van der Waals surface area contributed by atoms with Gasteiger partial charge in [-0.1, -0.05) is 13.0 Å². The lowest BCUT2D eigenvalue weighted by Gasteiger charge is -2.16. The smallest absolute Gasteiger partial charge is 0.161 e. The van der Waals surface area contributed by atoms with E-state index in [-0.39, 0.29) is 6.04 Å². The van der Waals surface area contributed by atoms with E-state index in [0.29, 0.717) is 11.5 Å². The van der Waals surface area contributed by atoms with Crippen LogP contribution in [-0.4, -0.2) is 36.5 Å². The summed E-state index contributed by atoms with van der Waals surface area (Å²) in [4.78, 5) is 0. The van der Waals surface area contributed by atoms with E-state index in [9.17, 15) is 4.21 Å². The van der Waals surface area contributed by atoms with Gasteiger partial charge in [-0.25, -0.2) is 0 Å². The van der Waals surface area contributed by atoms with E-state index in [2.05, 4.69) is 12.2 Å². The molecule has 0 amide bonds. The van der Waals surface area contributed by atoms with Gasteiger partial charge in [0, 0.05) is 34.9 Å². The molecule has 0 bridgehead atoms. The number of hydrogen-bond donors (Lipinski definition) is 1. The minimum Gasteiger partial charge on any atom is -0.493 e. The average Bonchev–Trinajstić information content (AvgIpc) is 2.45. The summed E-state index contributed by atoms with van der Waals surface area (Å²) in [5, 5.41) is 3.36. The Bertz CT molecular complexity index is 423. The summed E-state index contributed by atoms with van der Waals surface area (Å²) in [6.07, 6.45) is 0. The highest BCUT2D eigenvalue weighted by Crippen LogP contribution is 2.29. The van der Waals surface area contributed by atoms with Gasteiger partial charge in [0.15, 0.2) is 11.5 Å². The SMILES string of the molecule is CCS(=O)CCNC(C)c1ccc(OC)c(OC)c1. The molecule has 0 saturated carbocycles. The van der Waals surface area contributed by atoms with Crippen LogP contribution in [0.25, 0.3) is 0 Å². The molecule has 5 heteroatoms. The molecule has 0 aliphatic heterocycles. The Kier molecular flexibility index (Phi) is 6.87. The van der Waals surface area contributed by atoms with Crippen molar-refractivity contribution in [2.75, 3.05) is 32.3 Å². The van der Waals surface area contributed by atoms with Gasteiger partial charge in [0.1, 0.15) is 0 Å². The van der Waals surface area contributed by atoms with E-state index in [4.69, 9.17) is 9.47 Å². The van der Waals surface area contributed by atoms with Crippen molar-refractivity contribution >= 4 is 10.8 Å². The van der Waals surface area contributed by atoms with Crippen LogP contribution in [0, 0.1) is 0 Å². The Hall–Kier alpha value is -1.07.